The molecular weight excluding hydrogens is 217 g/mol. The van der Waals surface area contributed by atoms with Gasteiger partial charge in [-0.2, -0.15) is 0 Å². The van der Waals surface area contributed by atoms with E-state index < -0.39 is 0 Å². The predicted molar refractivity (Wildman–Crippen MR) is 50.1 cm³/mol. The summed E-state index contributed by atoms with van der Waals surface area (Å²) < 4.78 is 5.33. The van der Waals surface area contributed by atoms with Crippen molar-refractivity contribution in [2.75, 3.05) is 6.61 Å². The molecule has 0 saturated carbocycles. The average molecular weight is 226 g/mol. The second-order valence-electron chi connectivity index (χ2n) is 2.41. The molecule has 0 radical (unpaired) electrons. The van der Waals surface area contributed by atoms with Gasteiger partial charge in [0.05, 0.1) is 0 Å². The van der Waals surface area contributed by atoms with E-state index in [1.165, 1.54) is 5.32 Å². The molecule has 1 fully saturated rings. The maximum atomic E-state index is 5.33. The topological polar surface area (TPSA) is 21.6 Å². The summed E-state index contributed by atoms with van der Waals surface area (Å²) in [5.41, 5.74) is 0.997. The molecular formula is C9H9NOSe. The third-order valence-corrected chi connectivity index (χ3v) is 3.25. The SMILES string of the molecule is c1ccc(N=C2OCC[Se]2)cc1. The monoisotopic (exact) mass is 227 g/mol. The Hall–Kier alpha value is -0.791. The Kier molecular flexibility index (Phi) is 2.44. The zero-order chi connectivity index (χ0) is 8.23. The zero-order valence-electron chi connectivity index (χ0n) is 6.56. The molecule has 2 rings (SSSR count). The Morgan fingerprint density at radius 3 is 2.75 bits per heavy atom. The van der Waals surface area contributed by atoms with Crippen LogP contribution in [0.2, 0.25) is 5.32 Å². The first kappa shape index (κ1) is 7.84. The van der Waals surface area contributed by atoms with Crippen molar-refractivity contribution in [3.05, 3.63) is 30.3 Å². The standard InChI is InChI=1S/C9H9NOSe/c1-2-4-8(5-3-1)10-9-11-6-7-12-9/h1-5H,6-7H2. The molecule has 0 aliphatic carbocycles. The molecule has 1 aliphatic heterocycles. The molecule has 2 nitrogen and oxygen atoms in total. The molecule has 1 aliphatic rings. The van der Waals surface area contributed by atoms with Gasteiger partial charge in [0.2, 0.25) is 0 Å². The van der Waals surface area contributed by atoms with Crippen LogP contribution >= 0.6 is 0 Å². The van der Waals surface area contributed by atoms with Crippen LogP contribution in [0.1, 0.15) is 0 Å². The van der Waals surface area contributed by atoms with E-state index in [0.29, 0.717) is 15.0 Å². The van der Waals surface area contributed by atoms with E-state index in [0.717, 1.165) is 17.1 Å². The molecule has 3 heteroatoms. The number of ether oxygens (including phenoxy) is 1. The molecule has 0 aromatic heterocycles. The van der Waals surface area contributed by atoms with Crippen LogP contribution < -0.4 is 0 Å². The van der Waals surface area contributed by atoms with Crippen LogP contribution in [0.4, 0.5) is 5.69 Å². The second-order valence-corrected chi connectivity index (χ2v) is 4.61. The summed E-state index contributed by atoms with van der Waals surface area (Å²) in [4.78, 5) is 5.32. The first-order valence-corrected chi connectivity index (χ1v) is 5.91. The minimum absolute atomic E-state index is 0.468. The van der Waals surface area contributed by atoms with Crippen LogP contribution in [0.3, 0.4) is 0 Å². The Bertz CT molecular complexity index is 276. The molecule has 0 bridgehead atoms. The molecule has 1 heterocycles. The van der Waals surface area contributed by atoms with Gasteiger partial charge in [0.15, 0.2) is 0 Å². The number of para-hydroxylation sites is 1. The average Bonchev–Trinajstić information content (AvgIpc) is 2.59. The van der Waals surface area contributed by atoms with E-state index in [1.54, 1.807) is 0 Å². The van der Waals surface area contributed by atoms with Crippen LogP contribution in [0.5, 0.6) is 0 Å². The van der Waals surface area contributed by atoms with E-state index in [9.17, 15) is 0 Å². The minimum atomic E-state index is 0.468. The summed E-state index contributed by atoms with van der Waals surface area (Å²) in [6.07, 6.45) is 0. The van der Waals surface area contributed by atoms with Crippen LogP contribution in [0, 0.1) is 0 Å². The van der Waals surface area contributed by atoms with Gasteiger partial charge in [-0.1, -0.05) is 0 Å². The first-order valence-electron chi connectivity index (χ1n) is 3.84. The molecule has 1 saturated heterocycles. The predicted octanol–water partition coefficient (Wildman–Crippen LogP) is 1.83. The first-order chi connectivity index (χ1) is 5.95. The van der Waals surface area contributed by atoms with Gasteiger partial charge in [-0.05, 0) is 0 Å². The van der Waals surface area contributed by atoms with Crippen LogP contribution in [-0.2, 0) is 4.74 Å². The van der Waals surface area contributed by atoms with Gasteiger partial charge in [-0.3, -0.25) is 0 Å². The van der Waals surface area contributed by atoms with Gasteiger partial charge in [0, 0.05) is 0 Å². The van der Waals surface area contributed by atoms with E-state index in [-0.39, 0.29) is 0 Å². The fourth-order valence-electron chi connectivity index (χ4n) is 0.972. The van der Waals surface area contributed by atoms with Crippen molar-refractivity contribution in [2.45, 2.75) is 5.32 Å². The second kappa shape index (κ2) is 3.74. The van der Waals surface area contributed by atoms with Crippen LogP contribution in [-0.4, -0.2) is 26.4 Å². The molecule has 0 amide bonds. The fraction of sp³-hybridized carbons (Fsp3) is 0.222. The van der Waals surface area contributed by atoms with Crippen molar-refractivity contribution in [2.24, 2.45) is 4.99 Å². The molecule has 0 atom stereocenters. The number of aliphatic imine (C=N–C) groups is 1. The third kappa shape index (κ3) is 1.87. The summed E-state index contributed by atoms with van der Waals surface area (Å²) in [5.74, 6) is 0. The summed E-state index contributed by atoms with van der Waals surface area (Å²) in [6.45, 7) is 0.853. The molecule has 1 aromatic carbocycles. The maximum absolute atomic E-state index is 5.33. The number of rotatable bonds is 1. The summed E-state index contributed by atoms with van der Waals surface area (Å²) in [5, 5.41) is 1.17. The van der Waals surface area contributed by atoms with Crippen molar-refractivity contribution < 1.29 is 4.74 Å². The Labute approximate surface area is 77.8 Å². The van der Waals surface area contributed by atoms with Gasteiger partial charge >= 0.3 is 77.4 Å². The van der Waals surface area contributed by atoms with Crippen LogP contribution in [0.15, 0.2) is 35.3 Å². The van der Waals surface area contributed by atoms with Crippen molar-refractivity contribution in [3.63, 3.8) is 0 Å². The van der Waals surface area contributed by atoms with E-state index >= 15 is 0 Å². The summed E-state index contributed by atoms with van der Waals surface area (Å²) >= 11 is 0.468. The summed E-state index contributed by atoms with van der Waals surface area (Å²) in [6, 6.07) is 9.95. The number of hydrogen-bond acceptors (Lipinski definition) is 2. The zero-order valence-corrected chi connectivity index (χ0v) is 8.28. The quantitative estimate of drug-likeness (QED) is 0.669. The van der Waals surface area contributed by atoms with Gasteiger partial charge in [-0.15, -0.1) is 0 Å². The Morgan fingerprint density at radius 2 is 2.08 bits per heavy atom. The number of benzene rings is 1. The molecule has 0 N–H and O–H groups in total. The van der Waals surface area contributed by atoms with Gasteiger partial charge < -0.3 is 0 Å². The fourth-order valence-corrected chi connectivity index (χ4v) is 2.39. The van der Waals surface area contributed by atoms with E-state index in [1.807, 2.05) is 30.3 Å². The summed E-state index contributed by atoms with van der Waals surface area (Å²) in [7, 11) is 0. The molecule has 12 heavy (non-hydrogen) atoms. The normalized spacial score (nSPS) is 19.5. The Morgan fingerprint density at radius 1 is 1.25 bits per heavy atom. The van der Waals surface area contributed by atoms with Crippen LogP contribution in [0.25, 0.3) is 0 Å². The third-order valence-electron chi connectivity index (χ3n) is 1.51. The molecule has 0 unspecified atom stereocenters. The van der Waals surface area contributed by atoms with Gasteiger partial charge in [-0.25, -0.2) is 0 Å². The van der Waals surface area contributed by atoms with Crippen molar-refractivity contribution in [1.82, 2.24) is 0 Å². The van der Waals surface area contributed by atoms with Gasteiger partial charge in [0.25, 0.3) is 0 Å². The molecule has 0 spiro atoms. The number of nitrogens with zero attached hydrogens (tertiary/aromatic N) is 1. The van der Waals surface area contributed by atoms with Crippen molar-refractivity contribution in [3.8, 4) is 0 Å². The van der Waals surface area contributed by atoms with Crippen molar-refractivity contribution in [1.29, 1.82) is 0 Å². The van der Waals surface area contributed by atoms with E-state index in [4.69, 9.17) is 4.74 Å². The number of hydrogen-bond donors (Lipinski definition) is 0. The van der Waals surface area contributed by atoms with Gasteiger partial charge in [0.1, 0.15) is 0 Å². The van der Waals surface area contributed by atoms with E-state index in [2.05, 4.69) is 4.99 Å². The molecule has 62 valence electrons. The van der Waals surface area contributed by atoms with Crippen molar-refractivity contribution >= 4 is 25.4 Å². The Balaban J connectivity index is 2.16. The molecule has 1 aromatic rings.